The van der Waals surface area contributed by atoms with Crippen molar-refractivity contribution in [2.24, 2.45) is 5.41 Å². The zero-order chi connectivity index (χ0) is 15.2. The number of rotatable bonds is 9. The molecule has 0 fully saturated rings. The van der Waals surface area contributed by atoms with Gasteiger partial charge >= 0.3 is 0 Å². The van der Waals surface area contributed by atoms with E-state index in [2.05, 4.69) is 59.1 Å². The lowest BCUT2D eigenvalue weighted by molar-refractivity contribution is -0.207. The molecule has 1 heterocycles. The maximum Gasteiger partial charge on any atom is 0.193 e. The fraction of sp³-hybridized carbons (Fsp3) is 0.765. The van der Waals surface area contributed by atoms with Crippen molar-refractivity contribution in [1.82, 2.24) is 0 Å². The molecule has 3 heteroatoms. The van der Waals surface area contributed by atoms with Gasteiger partial charge in [0.1, 0.15) is 0 Å². The van der Waals surface area contributed by atoms with Crippen LogP contribution in [-0.2, 0) is 9.47 Å². The lowest BCUT2D eigenvalue weighted by Crippen LogP contribution is -2.27. The Hall–Kier alpha value is -0.380. The van der Waals surface area contributed by atoms with Crippen molar-refractivity contribution < 1.29 is 9.47 Å². The molecule has 1 unspecified atom stereocenters. The smallest absolute Gasteiger partial charge is 0.193 e. The first kappa shape index (κ1) is 17.7. The molecule has 116 valence electrons. The third kappa shape index (κ3) is 5.94. The molecule has 0 amide bonds. The zero-order valence-electron chi connectivity index (χ0n) is 13.9. The average molecular weight is 298 g/mol. The minimum Gasteiger partial charge on any atom is -0.348 e. The van der Waals surface area contributed by atoms with Crippen molar-refractivity contribution in [1.29, 1.82) is 0 Å². The van der Waals surface area contributed by atoms with Gasteiger partial charge in [0.2, 0.25) is 0 Å². The lowest BCUT2D eigenvalue weighted by atomic mass is 9.87. The summed E-state index contributed by atoms with van der Waals surface area (Å²) in [5.41, 5.74) is 0.176. The molecule has 0 bridgehead atoms. The normalized spacial score (nSPS) is 14.5. The first-order chi connectivity index (χ1) is 9.29. The molecule has 1 rings (SSSR count). The molecule has 0 saturated heterocycles. The van der Waals surface area contributed by atoms with E-state index in [4.69, 9.17) is 9.47 Å². The van der Waals surface area contributed by atoms with Crippen LogP contribution in [0.1, 0.15) is 72.0 Å². The highest BCUT2D eigenvalue weighted by atomic mass is 32.1. The topological polar surface area (TPSA) is 18.5 Å². The third-order valence-electron chi connectivity index (χ3n) is 4.06. The summed E-state index contributed by atoms with van der Waals surface area (Å²) in [4.78, 5) is 1.15. The Labute approximate surface area is 128 Å². The lowest BCUT2D eigenvalue weighted by Gasteiger charge is -2.30. The van der Waals surface area contributed by atoms with Crippen LogP contribution in [0.4, 0.5) is 0 Å². The van der Waals surface area contributed by atoms with Crippen molar-refractivity contribution in [3.8, 4) is 0 Å². The Balaban J connectivity index is 2.61. The summed E-state index contributed by atoms with van der Waals surface area (Å²) in [5.74, 6) is 0. The van der Waals surface area contributed by atoms with Crippen molar-refractivity contribution in [2.75, 3.05) is 6.61 Å². The van der Waals surface area contributed by atoms with Gasteiger partial charge in [0.05, 0.1) is 17.1 Å². The van der Waals surface area contributed by atoms with Gasteiger partial charge in [0.25, 0.3) is 0 Å². The van der Waals surface area contributed by atoms with E-state index in [1.807, 2.05) is 0 Å². The average Bonchev–Trinajstić information content (AvgIpc) is 2.91. The standard InChI is InChI=1S/C17H30O2S/c1-7-16(3,4)11-12-18-15(14-10-9-13-20-14)19-17(5,6)8-2/h9-10,13,15H,7-8,11-12H2,1-6H3. The van der Waals surface area contributed by atoms with E-state index in [-0.39, 0.29) is 11.9 Å². The van der Waals surface area contributed by atoms with Crippen molar-refractivity contribution in [3.05, 3.63) is 22.4 Å². The minimum atomic E-state index is -0.238. The van der Waals surface area contributed by atoms with Crippen LogP contribution in [0.15, 0.2) is 17.5 Å². The first-order valence-electron chi connectivity index (χ1n) is 7.62. The maximum atomic E-state index is 6.17. The Morgan fingerprint density at radius 1 is 1.15 bits per heavy atom. The van der Waals surface area contributed by atoms with Gasteiger partial charge in [0, 0.05) is 0 Å². The van der Waals surface area contributed by atoms with E-state index in [1.54, 1.807) is 11.3 Å². The van der Waals surface area contributed by atoms with Crippen LogP contribution in [0, 0.1) is 5.41 Å². The highest BCUT2D eigenvalue weighted by Gasteiger charge is 2.25. The summed E-state index contributed by atoms with van der Waals surface area (Å²) in [6, 6.07) is 4.14. The van der Waals surface area contributed by atoms with E-state index >= 15 is 0 Å². The van der Waals surface area contributed by atoms with Crippen molar-refractivity contribution >= 4 is 11.3 Å². The van der Waals surface area contributed by atoms with Crippen molar-refractivity contribution in [3.63, 3.8) is 0 Å². The molecule has 0 aliphatic heterocycles. The largest absolute Gasteiger partial charge is 0.348 e. The Morgan fingerprint density at radius 3 is 2.35 bits per heavy atom. The summed E-state index contributed by atoms with van der Waals surface area (Å²) in [6.07, 6.45) is 2.96. The minimum absolute atomic E-state index is 0.158. The molecular weight excluding hydrogens is 268 g/mol. The van der Waals surface area contributed by atoms with Gasteiger partial charge in [0.15, 0.2) is 6.29 Å². The molecule has 0 aliphatic rings. The summed E-state index contributed by atoms with van der Waals surface area (Å²) in [5, 5.41) is 2.07. The van der Waals surface area contributed by atoms with E-state index in [9.17, 15) is 0 Å². The summed E-state index contributed by atoms with van der Waals surface area (Å²) < 4.78 is 12.2. The molecule has 0 aliphatic carbocycles. The Morgan fingerprint density at radius 2 is 1.85 bits per heavy atom. The van der Waals surface area contributed by atoms with E-state index in [0.29, 0.717) is 5.41 Å². The molecule has 1 atom stereocenters. The predicted molar refractivity (Wildman–Crippen MR) is 87.2 cm³/mol. The van der Waals surface area contributed by atoms with Gasteiger partial charge in [-0.3, -0.25) is 0 Å². The molecule has 20 heavy (non-hydrogen) atoms. The van der Waals surface area contributed by atoms with Crippen LogP contribution in [0.25, 0.3) is 0 Å². The SMILES string of the molecule is CCC(C)(C)CCOC(OC(C)(C)CC)c1cccs1. The Kier molecular flexibility index (Phi) is 6.70. The van der Waals surface area contributed by atoms with E-state index in [1.165, 1.54) is 6.42 Å². The van der Waals surface area contributed by atoms with Gasteiger partial charge < -0.3 is 9.47 Å². The summed E-state index contributed by atoms with van der Waals surface area (Å²) in [7, 11) is 0. The Bertz CT molecular complexity index is 368. The second kappa shape index (κ2) is 7.58. The van der Waals surface area contributed by atoms with Gasteiger partial charge in [-0.2, -0.15) is 0 Å². The molecule has 1 aromatic heterocycles. The fourth-order valence-corrected chi connectivity index (χ4v) is 2.29. The molecule has 0 N–H and O–H groups in total. The van der Waals surface area contributed by atoms with E-state index < -0.39 is 0 Å². The molecule has 1 aromatic rings. The zero-order valence-corrected chi connectivity index (χ0v) is 14.7. The van der Waals surface area contributed by atoms with Crippen LogP contribution >= 0.6 is 11.3 Å². The molecule has 0 aromatic carbocycles. The van der Waals surface area contributed by atoms with Gasteiger partial charge in [-0.25, -0.2) is 0 Å². The van der Waals surface area contributed by atoms with Crippen molar-refractivity contribution in [2.45, 2.75) is 72.7 Å². The monoisotopic (exact) mass is 298 g/mol. The number of hydrogen-bond donors (Lipinski definition) is 0. The summed E-state index contributed by atoms with van der Waals surface area (Å²) >= 11 is 1.70. The highest BCUT2D eigenvalue weighted by Crippen LogP contribution is 2.31. The van der Waals surface area contributed by atoms with Crippen LogP contribution in [0.5, 0.6) is 0 Å². The number of ether oxygens (including phenoxy) is 2. The molecule has 0 saturated carbocycles. The second-order valence-electron chi connectivity index (χ2n) is 6.72. The van der Waals surface area contributed by atoms with E-state index in [0.717, 1.165) is 24.3 Å². The van der Waals surface area contributed by atoms with Gasteiger partial charge in [-0.1, -0.05) is 40.2 Å². The second-order valence-corrected chi connectivity index (χ2v) is 7.70. The quantitative estimate of drug-likeness (QED) is 0.537. The number of thiophene rings is 1. The molecular formula is C17H30O2S. The third-order valence-corrected chi connectivity index (χ3v) is 4.95. The fourth-order valence-electron chi connectivity index (χ4n) is 1.59. The van der Waals surface area contributed by atoms with Gasteiger partial charge in [-0.15, -0.1) is 11.3 Å². The van der Waals surface area contributed by atoms with Crippen LogP contribution in [-0.4, -0.2) is 12.2 Å². The van der Waals surface area contributed by atoms with Gasteiger partial charge in [-0.05, 0) is 43.6 Å². The van der Waals surface area contributed by atoms with Crippen LogP contribution < -0.4 is 0 Å². The number of hydrogen-bond acceptors (Lipinski definition) is 3. The highest BCUT2D eigenvalue weighted by molar-refractivity contribution is 7.10. The molecule has 0 spiro atoms. The summed E-state index contributed by atoms with van der Waals surface area (Å²) in [6.45, 7) is 13.9. The predicted octanol–water partition coefficient (Wildman–Crippen LogP) is 5.79. The molecule has 0 radical (unpaired) electrons. The van der Waals surface area contributed by atoms with Crippen LogP contribution in [0.2, 0.25) is 0 Å². The molecule has 2 nitrogen and oxygen atoms in total. The maximum absolute atomic E-state index is 6.17. The first-order valence-corrected chi connectivity index (χ1v) is 8.50. The van der Waals surface area contributed by atoms with Crippen LogP contribution in [0.3, 0.4) is 0 Å².